The SMILES string of the molecule is CC(=O)c1ccc(N2CCN(C(=O)Nc3ccc(Cl)cc3)CC2)c(F)c1. The van der Waals surface area contributed by atoms with Crippen LogP contribution in [0.5, 0.6) is 0 Å². The van der Waals surface area contributed by atoms with Gasteiger partial charge in [-0.3, -0.25) is 4.79 Å². The molecule has 1 N–H and O–H groups in total. The first-order valence-corrected chi connectivity index (χ1v) is 8.69. The number of anilines is 2. The summed E-state index contributed by atoms with van der Waals surface area (Å²) in [4.78, 5) is 27.2. The normalized spacial score (nSPS) is 14.3. The molecule has 1 heterocycles. The first kappa shape index (κ1) is 18.2. The molecular weight excluding hydrogens is 357 g/mol. The Labute approximate surface area is 156 Å². The highest BCUT2D eigenvalue weighted by atomic mass is 35.5. The van der Waals surface area contributed by atoms with Crippen molar-refractivity contribution in [1.82, 2.24) is 4.90 Å². The summed E-state index contributed by atoms with van der Waals surface area (Å²) >= 11 is 5.83. The number of nitrogens with zero attached hydrogens (tertiary/aromatic N) is 2. The second-order valence-corrected chi connectivity index (χ2v) is 6.57. The van der Waals surface area contributed by atoms with Gasteiger partial charge in [-0.1, -0.05) is 11.6 Å². The van der Waals surface area contributed by atoms with Crippen LogP contribution in [0, 0.1) is 5.82 Å². The van der Waals surface area contributed by atoms with Crippen LogP contribution < -0.4 is 10.2 Å². The summed E-state index contributed by atoms with van der Waals surface area (Å²) in [6.45, 7) is 3.40. The summed E-state index contributed by atoms with van der Waals surface area (Å²) in [5.74, 6) is -0.587. The van der Waals surface area contributed by atoms with E-state index in [9.17, 15) is 14.0 Å². The van der Waals surface area contributed by atoms with Gasteiger partial charge in [0, 0.05) is 42.5 Å². The molecule has 0 spiro atoms. The zero-order valence-corrected chi connectivity index (χ0v) is 15.1. The fourth-order valence-corrected chi connectivity index (χ4v) is 2.99. The van der Waals surface area contributed by atoms with Gasteiger partial charge < -0.3 is 15.1 Å². The Hall–Kier alpha value is -2.60. The molecule has 0 atom stereocenters. The number of Topliss-reactive ketones (excluding diaryl/α,β-unsaturated/α-hetero) is 1. The van der Waals surface area contributed by atoms with E-state index in [-0.39, 0.29) is 11.8 Å². The van der Waals surface area contributed by atoms with Crippen LogP contribution in [0.25, 0.3) is 0 Å². The van der Waals surface area contributed by atoms with E-state index in [1.807, 2.05) is 4.90 Å². The second-order valence-electron chi connectivity index (χ2n) is 6.13. The Morgan fingerprint density at radius 1 is 1.04 bits per heavy atom. The average Bonchev–Trinajstić information content (AvgIpc) is 2.63. The number of carbonyl (C=O) groups is 2. The average molecular weight is 376 g/mol. The fourth-order valence-electron chi connectivity index (χ4n) is 2.87. The van der Waals surface area contributed by atoms with Gasteiger partial charge in [-0.05, 0) is 49.4 Å². The smallest absolute Gasteiger partial charge is 0.321 e. The number of hydrogen-bond donors (Lipinski definition) is 1. The second kappa shape index (κ2) is 7.74. The number of benzene rings is 2. The van der Waals surface area contributed by atoms with Gasteiger partial charge in [0.1, 0.15) is 5.82 Å². The number of urea groups is 1. The van der Waals surface area contributed by atoms with Gasteiger partial charge in [-0.25, -0.2) is 9.18 Å². The van der Waals surface area contributed by atoms with Crippen LogP contribution in [0.1, 0.15) is 17.3 Å². The number of hydrogen-bond acceptors (Lipinski definition) is 3. The Bertz CT molecular complexity index is 818. The minimum absolute atomic E-state index is 0.167. The van der Waals surface area contributed by atoms with Crippen molar-refractivity contribution in [1.29, 1.82) is 0 Å². The summed E-state index contributed by atoms with van der Waals surface area (Å²) in [7, 11) is 0. The number of piperazine rings is 1. The number of nitrogens with one attached hydrogen (secondary N) is 1. The van der Waals surface area contributed by atoms with Crippen LogP contribution in [-0.2, 0) is 0 Å². The molecule has 2 aromatic rings. The maximum Gasteiger partial charge on any atom is 0.321 e. The number of amides is 2. The molecule has 1 fully saturated rings. The predicted molar refractivity (Wildman–Crippen MR) is 101 cm³/mol. The number of carbonyl (C=O) groups excluding carboxylic acids is 2. The van der Waals surface area contributed by atoms with Gasteiger partial charge in [0.25, 0.3) is 0 Å². The topological polar surface area (TPSA) is 52.7 Å². The third kappa shape index (κ3) is 4.14. The van der Waals surface area contributed by atoms with Crippen LogP contribution in [0.3, 0.4) is 0 Å². The fraction of sp³-hybridized carbons (Fsp3) is 0.263. The summed E-state index contributed by atoms with van der Waals surface area (Å²) in [6.07, 6.45) is 0. The molecule has 1 saturated heterocycles. The third-order valence-corrected chi connectivity index (χ3v) is 4.61. The highest BCUT2D eigenvalue weighted by Gasteiger charge is 2.23. The van der Waals surface area contributed by atoms with Crippen molar-refractivity contribution in [3.05, 3.63) is 58.9 Å². The highest BCUT2D eigenvalue weighted by molar-refractivity contribution is 6.30. The van der Waals surface area contributed by atoms with E-state index in [0.29, 0.717) is 48.1 Å². The van der Waals surface area contributed by atoms with Crippen molar-refractivity contribution in [2.45, 2.75) is 6.92 Å². The van der Waals surface area contributed by atoms with E-state index in [1.54, 1.807) is 41.3 Å². The molecular formula is C19H19ClFN3O2. The summed E-state index contributed by atoms with van der Waals surface area (Å²) < 4.78 is 14.3. The van der Waals surface area contributed by atoms with Gasteiger partial charge in [0.2, 0.25) is 0 Å². The summed E-state index contributed by atoms with van der Waals surface area (Å²) in [6, 6.07) is 11.2. The van der Waals surface area contributed by atoms with Crippen LogP contribution in [-0.4, -0.2) is 42.9 Å². The lowest BCUT2D eigenvalue weighted by Gasteiger charge is -2.36. The molecule has 26 heavy (non-hydrogen) atoms. The molecule has 5 nitrogen and oxygen atoms in total. The van der Waals surface area contributed by atoms with Crippen molar-refractivity contribution in [3.63, 3.8) is 0 Å². The lowest BCUT2D eigenvalue weighted by atomic mass is 10.1. The van der Waals surface area contributed by atoms with E-state index < -0.39 is 5.82 Å². The summed E-state index contributed by atoms with van der Waals surface area (Å²) in [5, 5.41) is 3.43. The van der Waals surface area contributed by atoms with Gasteiger partial charge in [0.15, 0.2) is 5.78 Å². The quantitative estimate of drug-likeness (QED) is 0.824. The van der Waals surface area contributed by atoms with Crippen LogP contribution >= 0.6 is 11.6 Å². The minimum Gasteiger partial charge on any atom is -0.366 e. The van der Waals surface area contributed by atoms with Crippen molar-refractivity contribution < 1.29 is 14.0 Å². The molecule has 1 aliphatic rings. The standard InChI is InChI=1S/C19H19ClFN3O2/c1-13(25)14-2-7-18(17(21)12-14)23-8-10-24(11-9-23)19(26)22-16-5-3-15(20)4-6-16/h2-7,12H,8-11H2,1H3,(H,22,26). The number of ketones is 1. The summed E-state index contributed by atoms with van der Waals surface area (Å²) in [5.41, 5.74) is 1.48. The van der Waals surface area contributed by atoms with Crippen molar-refractivity contribution in [2.75, 3.05) is 36.4 Å². The van der Waals surface area contributed by atoms with Crippen LogP contribution in [0.2, 0.25) is 5.02 Å². The van der Waals surface area contributed by atoms with Gasteiger partial charge >= 0.3 is 6.03 Å². The molecule has 2 aromatic carbocycles. The van der Waals surface area contributed by atoms with Gasteiger partial charge in [-0.2, -0.15) is 0 Å². The van der Waals surface area contributed by atoms with Gasteiger partial charge in [-0.15, -0.1) is 0 Å². The maximum atomic E-state index is 14.3. The Kier molecular flexibility index (Phi) is 5.42. The molecule has 3 rings (SSSR count). The Balaban J connectivity index is 1.59. The first-order chi connectivity index (χ1) is 12.4. The third-order valence-electron chi connectivity index (χ3n) is 4.36. The van der Waals surface area contributed by atoms with Crippen LogP contribution in [0.15, 0.2) is 42.5 Å². The molecule has 0 unspecified atom stereocenters. The molecule has 0 aliphatic carbocycles. The lowest BCUT2D eigenvalue weighted by molar-refractivity contribution is 0.101. The Morgan fingerprint density at radius 2 is 1.69 bits per heavy atom. The minimum atomic E-state index is -0.420. The zero-order chi connectivity index (χ0) is 18.7. The molecule has 1 aliphatic heterocycles. The number of halogens is 2. The predicted octanol–water partition coefficient (Wildman–Crippen LogP) is 4.04. The monoisotopic (exact) mass is 375 g/mol. The molecule has 0 saturated carbocycles. The van der Waals surface area contributed by atoms with E-state index in [1.165, 1.54) is 13.0 Å². The lowest BCUT2D eigenvalue weighted by Crippen LogP contribution is -2.50. The zero-order valence-electron chi connectivity index (χ0n) is 14.3. The van der Waals surface area contributed by atoms with E-state index in [4.69, 9.17) is 11.6 Å². The highest BCUT2D eigenvalue weighted by Crippen LogP contribution is 2.22. The van der Waals surface area contributed by atoms with Crippen LogP contribution in [0.4, 0.5) is 20.6 Å². The molecule has 136 valence electrons. The van der Waals surface area contributed by atoms with Crippen molar-refractivity contribution in [2.24, 2.45) is 0 Å². The largest absolute Gasteiger partial charge is 0.366 e. The Morgan fingerprint density at radius 3 is 2.27 bits per heavy atom. The first-order valence-electron chi connectivity index (χ1n) is 8.31. The molecule has 0 aromatic heterocycles. The molecule has 0 radical (unpaired) electrons. The van der Waals surface area contributed by atoms with Gasteiger partial charge in [0.05, 0.1) is 5.69 Å². The van der Waals surface area contributed by atoms with Crippen molar-refractivity contribution in [3.8, 4) is 0 Å². The number of rotatable bonds is 3. The van der Waals surface area contributed by atoms with E-state index >= 15 is 0 Å². The maximum absolute atomic E-state index is 14.3. The molecule has 0 bridgehead atoms. The van der Waals surface area contributed by atoms with Crippen molar-refractivity contribution >= 4 is 34.8 Å². The van der Waals surface area contributed by atoms with E-state index in [2.05, 4.69) is 5.32 Å². The molecule has 7 heteroatoms. The van der Waals surface area contributed by atoms with E-state index in [0.717, 1.165) is 0 Å². The molecule has 2 amide bonds.